The van der Waals surface area contributed by atoms with Crippen molar-refractivity contribution in [1.29, 1.82) is 5.26 Å². The summed E-state index contributed by atoms with van der Waals surface area (Å²) < 4.78 is 0. The Kier molecular flexibility index (Phi) is 7.66. The van der Waals surface area contributed by atoms with Crippen LogP contribution < -0.4 is 0 Å². The molecule has 0 rings (SSSR count). The van der Waals surface area contributed by atoms with Crippen LogP contribution in [0.15, 0.2) is 0 Å². The fourth-order valence-corrected chi connectivity index (χ4v) is 2.46. The number of hydrogen-bond donors (Lipinski definition) is 0. The molecule has 0 aromatic rings. The lowest BCUT2D eigenvalue weighted by Gasteiger charge is -2.34. The first-order valence-electron chi connectivity index (χ1n) is 7.21. The van der Waals surface area contributed by atoms with Gasteiger partial charge in [0.2, 0.25) is 5.91 Å². The number of hydrogen-bond acceptors (Lipinski definition) is 2. The molecule has 18 heavy (non-hydrogen) atoms. The van der Waals surface area contributed by atoms with E-state index in [1.807, 2.05) is 32.6 Å². The molecule has 0 unspecified atom stereocenters. The van der Waals surface area contributed by atoms with Gasteiger partial charge in [-0.2, -0.15) is 5.26 Å². The molecule has 0 aromatic heterocycles. The van der Waals surface area contributed by atoms with Crippen LogP contribution in [0.25, 0.3) is 0 Å². The van der Waals surface area contributed by atoms with Gasteiger partial charge in [-0.25, -0.2) is 0 Å². The molecule has 3 heteroatoms. The molecule has 104 valence electrons. The Bertz CT molecular complexity index is 285. The van der Waals surface area contributed by atoms with E-state index in [0.717, 1.165) is 25.8 Å². The van der Waals surface area contributed by atoms with Crippen molar-refractivity contribution in [2.75, 3.05) is 6.54 Å². The second-order valence-corrected chi connectivity index (χ2v) is 5.29. The maximum absolute atomic E-state index is 12.7. The second kappa shape index (κ2) is 8.13. The zero-order chi connectivity index (χ0) is 14.2. The quantitative estimate of drug-likeness (QED) is 0.660. The van der Waals surface area contributed by atoms with Crippen molar-refractivity contribution >= 4 is 5.91 Å². The van der Waals surface area contributed by atoms with Crippen LogP contribution in [-0.4, -0.2) is 23.4 Å². The number of nitriles is 1. The van der Waals surface area contributed by atoms with Crippen LogP contribution in [0.5, 0.6) is 0 Å². The average Bonchev–Trinajstić information content (AvgIpc) is 2.34. The van der Waals surface area contributed by atoms with Crippen LogP contribution in [-0.2, 0) is 4.79 Å². The minimum Gasteiger partial charge on any atom is -0.339 e. The summed E-state index contributed by atoms with van der Waals surface area (Å²) in [5.74, 6) is 0.0329. The summed E-state index contributed by atoms with van der Waals surface area (Å²) in [4.78, 5) is 14.6. The van der Waals surface area contributed by atoms with Crippen molar-refractivity contribution in [2.45, 2.75) is 72.8 Å². The van der Waals surface area contributed by atoms with Crippen LogP contribution in [0, 0.1) is 16.7 Å². The molecular weight excluding hydrogens is 224 g/mol. The molecule has 0 aliphatic rings. The van der Waals surface area contributed by atoms with Gasteiger partial charge in [0.05, 0.1) is 6.07 Å². The fourth-order valence-electron chi connectivity index (χ4n) is 2.46. The Balaban J connectivity index is 5.20. The molecule has 0 saturated carbocycles. The van der Waals surface area contributed by atoms with Gasteiger partial charge < -0.3 is 4.90 Å². The summed E-state index contributed by atoms with van der Waals surface area (Å²) in [5, 5.41) is 9.51. The summed E-state index contributed by atoms with van der Waals surface area (Å²) in [6.45, 7) is 10.9. The molecule has 0 fully saturated rings. The minimum atomic E-state index is -0.803. The van der Waals surface area contributed by atoms with Gasteiger partial charge in [-0.3, -0.25) is 4.79 Å². The lowest BCUT2D eigenvalue weighted by atomic mass is 9.79. The molecule has 0 aromatic carbocycles. The minimum absolute atomic E-state index is 0.0329. The first-order chi connectivity index (χ1) is 8.48. The highest BCUT2D eigenvalue weighted by Gasteiger charge is 2.40. The van der Waals surface area contributed by atoms with Gasteiger partial charge in [-0.05, 0) is 33.1 Å². The second-order valence-electron chi connectivity index (χ2n) is 5.29. The van der Waals surface area contributed by atoms with Crippen molar-refractivity contribution in [3.05, 3.63) is 0 Å². The molecule has 0 radical (unpaired) electrons. The number of carbonyl (C=O) groups is 1. The molecule has 0 spiro atoms. The van der Waals surface area contributed by atoms with Gasteiger partial charge in [-0.1, -0.05) is 33.6 Å². The molecule has 0 bridgehead atoms. The SMILES string of the molecule is CCCN(C(=O)C(C#N)(CCC)CCC)C(C)C. The maximum atomic E-state index is 12.7. The summed E-state index contributed by atoms with van der Waals surface area (Å²) in [7, 11) is 0. The van der Waals surface area contributed by atoms with Gasteiger partial charge in [0, 0.05) is 12.6 Å². The third kappa shape index (κ3) is 4.01. The van der Waals surface area contributed by atoms with E-state index >= 15 is 0 Å². The van der Waals surface area contributed by atoms with Gasteiger partial charge in [0.25, 0.3) is 0 Å². The summed E-state index contributed by atoms with van der Waals surface area (Å²) in [6.07, 6.45) is 4.02. The van der Waals surface area contributed by atoms with Crippen molar-refractivity contribution < 1.29 is 4.79 Å². The largest absolute Gasteiger partial charge is 0.339 e. The Morgan fingerprint density at radius 3 is 1.94 bits per heavy atom. The van der Waals surface area contributed by atoms with Crippen molar-refractivity contribution in [2.24, 2.45) is 5.41 Å². The van der Waals surface area contributed by atoms with Crippen LogP contribution >= 0.6 is 0 Å². The van der Waals surface area contributed by atoms with E-state index in [9.17, 15) is 10.1 Å². The van der Waals surface area contributed by atoms with Crippen LogP contribution in [0.1, 0.15) is 66.7 Å². The van der Waals surface area contributed by atoms with E-state index in [2.05, 4.69) is 13.0 Å². The van der Waals surface area contributed by atoms with E-state index in [1.165, 1.54) is 0 Å². The molecule has 1 amide bonds. The molecule has 0 heterocycles. The number of carbonyl (C=O) groups excluding carboxylic acids is 1. The Morgan fingerprint density at radius 1 is 1.17 bits per heavy atom. The highest BCUT2D eigenvalue weighted by Crippen LogP contribution is 2.32. The van der Waals surface area contributed by atoms with Gasteiger partial charge in [-0.15, -0.1) is 0 Å². The van der Waals surface area contributed by atoms with Crippen LogP contribution in [0.4, 0.5) is 0 Å². The maximum Gasteiger partial charge on any atom is 0.243 e. The van der Waals surface area contributed by atoms with Crippen molar-refractivity contribution in [3.63, 3.8) is 0 Å². The standard InChI is InChI=1S/C15H28N2O/c1-6-9-15(12-16,10-7-2)14(18)17(11-8-3)13(4)5/h13H,6-11H2,1-5H3. The van der Waals surface area contributed by atoms with Crippen LogP contribution in [0.3, 0.4) is 0 Å². The molecule has 3 nitrogen and oxygen atoms in total. The lowest BCUT2D eigenvalue weighted by molar-refractivity contribution is -0.141. The Labute approximate surface area is 112 Å². The predicted molar refractivity (Wildman–Crippen MR) is 75.0 cm³/mol. The lowest BCUT2D eigenvalue weighted by Crippen LogP contribution is -2.47. The first-order valence-corrected chi connectivity index (χ1v) is 7.21. The summed E-state index contributed by atoms with van der Waals surface area (Å²) in [5.41, 5.74) is -0.803. The zero-order valence-electron chi connectivity index (χ0n) is 12.6. The van der Waals surface area contributed by atoms with E-state index < -0.39 is 5.41 Å². The zero-order valence-corrected chi connectivity index (χ0v) is 12.6. The Hall–Kier alpha value is -1.04. The highest BCUT2D eigenvalue weighted by atomic mass is 16.2. The van der Waals surface area contributed by atoms with E-state index in [-0.39, 0.29) is 11.9 Å². The van der Waals surface area contributed by atoms with Crippen molar-refractivity contribution in [1.82, 2.24) is 4.90 Å². The highest BCUT2D eigenvalue weighted by molar-refractivity contribution is 5.85. The average molecular weight is 252 g/mol. The summed E-state index contributed by atoms with van der Waals surface area (Å²) in [6, 6.07) is 2.49. The molecule has 0 atom stereocenters. The molecule has 0 N–H and O–H groups in total. The third-order valence-electron chi connectivity index (χ3n) is 3.33. The van der Waals surface area contributed by atoms with E-state index in [0.29, 0.717) is 12.8 Å². The molecule has 0 aliphatic heterocycles. The normalized spacial score (nSPS) is 11.4. The summed E-state index contributed by atoms with van der Waals surface area (Å²) >= 11 is 0. The number of nitrogens with zero attached hydrogens (tertiary/aromatic N) is 2. The molecule has 0 saturated heterocycles. The third-order valence-corrected chi connectivity index (χ3v) is 3.33. The predicted octanol–water partition coefficient (Wildman–Crippen LogP) is 3.74. The van der Waals surface area contributed by atoms with Gasteiger partial charge >= 0.3 is 0 Å². The van der Waals surface area contributed by atoms with Crippen LogP contribution in [0.2, 0.25) is 0 Å². The number of amides is 1. The topological polar surface area (TPSA) is 44.1 Å². The number of rotatable bonds is 8. The first kappa shape index (κ1) is 17.0. The van der Waals surface area contributed by atoms with E-state index in [4.69, 9.17) is 0 Å². The van der Waals surface area contributed by atoms with Gasteiger partial charge in [0.15, 0.2) is 0 Å². The van der Waals surface area contributed by atoms with E-state index in [1.54, 1.807) is 0 Å². The molecular formula is C15H28N2O. The Morgan fingerprint density at radius 2 is 1.67 bits per heavy atom. The fraction of sp³-hybridized carbons (Fsp3) is 0.867. The molecule has 0 aliphatic carbocycles. The smallest absolute Gasteiger partial charge is 0.243 e. The van der Waals surface area contributed by atoms with Gasteiger partial charge in [0.1, 0.15) is 5.41 Å². The monoisotopic (exact) mass is 252 g/mol. The van der Waals surface area contributed by atoms with Crippen molar-refractivity contribution in [3.8, 4) is 6.07 Å².